The summed E-state index contributed by atoms with van der Waals surface area (Å²) in [6, 6.07) is 0.566. The molecule has 3 atom stereocenters. The van der Waals surface area contributed by atoms with Gasteiger partial charge in [0.25, 0.3) is 0 Å². The Hall–Kier alpha value is -0.120. The van der Waals surface area contributed by atoms with E-state index >= 15 is 0 Å². The van der Waals surface area contributed by atoms with Gasteiger partial charge in [-0.3, -0.25) is 0 Å². The number of nitrogens with zero attached hydrogens (tertiary/aromatic N) is 2. The van der Waals surface area contributed by atoms with Gasteiger partial charge in [0.2, 0.25) is 0 Å². The smallest absolute Gasteiger partial charge is 0.0555 e. The number of hydrogen-bond donors (Lipinski definition) is 1. The summed E-state index contributed by atoms with van der Waals surface area (Å²) >= 11 is 0. The molecule has 0 amide bonds. The third-order valence-electron chi connectivity index (χ3n) is 4.38. The van der Waals surface area contributed by atoms with Gasteiger partial charge in [0.1, 0.15) is 0 Å². The molecule has 0 aliphatic heterocycles. The molecule has 1 aliphatic carbocycles. The first-order chi connectivity index (χ1) is 8.41. The second kappa shape index (κ2) is 7.46. The normalized spacial score (nSPS) is 29.5. The molecule has 0 saturated heterocycles. The molecular weight excluding hydrogens is 224 g/mol. The summed E-state index contributed by atoms with van der Waals surface area (Å²) in [6.07, 6.45) is 4.26. The van der Waals surface area contributed by atoms with Crippen molar-refractivity contribution in [1.29, 1.82) is 0 Å². The molecule has 1 rings (SSSR count). The zero-order chi connectivity index (χ0) is 13.7. The Morgan fingerprint density at radius 2 is 1.78 bits per heavy atom. The van der Waals surface area contributed by atoms with Crippen molar-refractivity contribution in [1.82, 2.24) is 9.80 Å². The highest BCUT2D eigenvalue weighted by atomic mass is 16.3. The van der Waals surface area contributed by atoms with E-state index < -0.39 is 0 Å². The Morgan fingerprint density at radius 3 is 2.33 bits per heavy atom. The Bertz CT molecular complexity index is 231. The molecule has 3 unspecified atom stereocenters. The minimum absolute atomic E-state index is 0.0821. The van der Waals surface area contributed by atoms with Crippen LogP contribution in [-0.2, 0) is 0 Å². The molecule has 0 radical (unpaired) electrons. The highest BCUT2D eigenvalue weighted by molar-refractivity contribution is 4.87. The molecule has 108 valence electrons. The van der Waals surface area contributed by atoms with Crippen molar-refractivity contribution in [3.63, 3.8) is 0 Å². The van der Waals surface area contributed by atoms with E-state index in [4.69, 9.17) is 0 Å². The first-order valence-corrected chi connectivity index (χ1v) is 7.44. The van der Waals surface area contributed by atoms with Crippen LogP contribution in [0, 0.1) is 11.8 Å². The first kappa shape index (κ1) is 15.9. The molecule has 1 saturated carbocycles. The third kappa shape index (κ3) is 4.87. The van der Waals surface area contributed by atoms with Crippen molar-refractivity contribution in [3.05, 3.63) is 0 Å². The van der Waals surface area contributed by atoms with Crippen LogP contribution in [0.25, 0.3) is 0 Å². The van der Waals surface area contributed by atoms with Gasteiger partial charge in [0, 0.05) is 6.04 Å². The summed E-state index contributed by atoms with van der Waals surface area (Å²) in [6.45, 7) is 6.93. The van der Waals surface area contributed by atoms with Crippen LogP contribution in [0.3, 0.4) is 0 Å². The maximum absolute atomic E-state index is 9.91. The Kier molecular flexibility index (Phi) is 6.61. The number of hydrogen-bond acceptors (Lipinski definition) is 3. The third-order valence-corrected chi connectivity index (χ3v) is 4.38. The second-order valence-electron chi connectivity index (χ2n) is 6.58. The van der Waals surface area contributed by atoms with Crippen LogP contribution in [-0.4, -0.2) is 61.3 Å². The lowest BCUT2D eigenvalue weighted by molar-refractivity contribution is 0.0214. The maximum Gasteiger partial charge on any atom is 0.0555 e. The minimum atomic E-state index is -0.0821. The molecule has 0 bridgehead atoms. The van der Waals surface area contributed by atoms with E-state index in [1.165, 1.54) is 12.8 Å². The molecular formula is C15H32N2O. The lowest BCUT2D eigenvalue weighted by Gasteiger charge is -2.42. The summed E-state index contributed by atoms with van der Waals surface area (Å²) in [4.78, 5) is 4.72. The summed E-state index contributed by atoms with van der Waals surface area (Å²) in [5.41, 5.74) is 0. The van der Waals surface area contributed by atoms with Crippen LogP contribution in [0.5, 0.6) is 0 Å². The van der Waals surface area contributed by atoms with Crippen LogP contribution in [0.4, 0.5) is 0 Å². The van der Waals surface area contributed by atoms with E-state index in [0.29, 0.717) is 6.04 Å². The summed E-state index contributed by atoms with van der Waals surface area (Å²) in [5.74, 6) is 1.47. The van der Waals surface area contributed by atoms with Crippen molar-refractivity contribution in [3.8, 4) is 0 Å². The predicted molar refractivity (Wildman–Crippen MR) is 77.8 cm³/mol. The molecule has 0 heterocycles. The Morgan fingerprint density at radius 1 is 1.11 bits per heavy atom. The Balaban J connectivity index is 2.47. The summed E-state index contributed by atoms with van der Waals surface area (Å²) < 4.78 is 0. The molecule has 3 heteroatoms. The summed E-state index contributed by atoms with van der Waals surface area (Å²) in [5, 5.41) is 9.91. The topological polar surface area (TPSA) is 26.7 Å². The van der Waals surface area contributed by atoms with E-state index in [1.807, 2.05) is 0 Å². The molecule has 1 aliphatic rings. The van der Waals surface area contributed by atoms with Crippen LogP contribution in [0.2, 0.25) is 0 Å². The van der Waals surface area contributed by atoms with Gasteiger partial charge in [-0.05, 0) is 71.8 Å². The zero-order valence-electron chi connectivity index (χ0n) is 12.9. The van der Waals surface area contributed by atoms with Gasteiger partial charge in [0.05, 0.1) is 6.10 Å². The van der Waals surface area contributed by atoms with Crippen molar-refractivity contribution in [2.45, 2.75) is 51.7 Å². The molecule has 3 nitrogen and oxygen atoms in total. The van der Waals surface area contributed by atoms with Crippen LogP contribution in [0.15, 0.2) is 0 Å². The van der Waals surface area contributed by atoms with Gasteiger partial charge in [-0.15, -0.1) is 0 Å². The molecule has 1 N–H and O–H groups in total. The van der Waals surface area contributed by atoms with E-state index in [2.05, 4.69) is 44.8 Å². The highest BCUT2D eigenvalue weighted by Crippen LogP contribution is 2.33. The molecule has 0 aromatic rings. The van der Waals surface area contributed by atoms with Gasteiger partial charge < -0.3 is 14.9 Å². The lowest BCUT2D eigenvalue weighted by atomic mass is 9.76. The van der Waals surface area contributed by atoms with Gasteiger partial charge in [0.15, 0.2) is 0 Å². The number of rotatable bonds is 6. The Labute approximate surface area is 113 Å². The molecule has 18 heavy (non-hydrogen) atoms. The van der Waals surface area contributed by atoms with E-state index in [9.17, 15) is 5.11 Å². The maximum atomic E-state index is 9.91. The van der Waals surface area contributed by atoms with Crippen LogP contribution < -0.4 is 0 Å². The van der Waals surface area contributed by atoms with Gasteiger partial charge in [-0.25, -0.2) is 0 Å². The van der Waals surface area contributed by atoms with Crippen LogP contribution in [0.1, 0.15) is 39.5 Å². The fourth-order valence-corrected chi connectivity index (χ4v) is 3.24. The molecule has 1 fully saturated rings. The highest BCUT2D eigenvalue weighted by Gasteiger charge is 2.33. The second-order valence-corrected chi connectivity index (χ2v) is 6.58. The van der Waals surface area contributed by atoms with Crippen molar-refractivity contribution < 1.29 is 5.11 Å². The quantitative estimate of drug-likeness (QED) is 0.788. The van der Waals surface area contributed by atoms with E-state index in [0.717, 1.165) is 37.8 Å². The SMILES string of the molecule is CC(C)C1CCC(O)CC1N(C)CCCN(C)C. The van der Waals surface area contributed by atoms with Crippen molar-refractivity contribution >= 4 is 0 Å². The fourth-order valence-electron chi connectivity index (χ4n) is 3.24. The standard InChI is InChI=1S/C15H32N2O/c1-12(2)14-8-7-13(18)11-15(14)17(5)10-6-9-16(3)4/h12-15,18H,6-11H2,1-5H3. The van der Waals surface area contributed by atoms with Crippen molar-refractivity contribution in [2.24, 2.45) is 11.8 Å². The van der Waals surface area contributed by atoms with Gasteiger partial charge >= 0.3 is 0 Å². The molecule has 0 aromatic carbocycles. The van der Waals surface area contributed by atoms with Crippen LogP contribution >= 0.6 is 0 Å². The average Bonchev–Trinajstić information content (AvgIpc) is 2.27. The zero-order valence-corrected chi connectivity index (χ0v) is 12.9. The van der Waals surface area contributed by atoms with E-state index in [-0.39, 0.29) is 6.10 Å². The number of aliphatic hydroxyl groups excluding tert-OH is 1. The van der Waals surface area contributed by atoms with Gasteiger partial charge in [-0.1, -0.05) is 13.8 Å². The van der Waals surface area contributed by atoms with Crippen molar-refractivity contribution in [2.75, 3.05) is 34.2 Å². The largest absolute Gasteiger partial charge is 0.393 e. The predicted octanol–water partition coefficient (Wildman–Crippen LogP) is 2.06. The minimum Gasteiger partial charge on any atom is -0.393 e. The summed E-state index contributed by atoms with van der Waals surface area (Å²) in [7, 11) is 6.48. The van der Waals surface area contributed by atoms with E-state index in [1.54, 1.807) is 0 Å². The fraction of sp³-hybridized carbons (Fsp3) is 1.00. The monoisotopic (exact) mass is 256 g/mol. The average molecular weight is 256 g/mol. The molecule has 0 spiro atoms. The lowest BCUT2D eigenvalue weighted by Crippen LogP contribution is -2.46. The molecule has 0 aromatic heterocycles. The number of aliphatic hydroxyl groups is 1. The first-order valence-electron chi connectivity index (χ1n) is 7.44. The van der Waals surface area contributed by atoms with Gasteiger partial charge in [-0.2, -0.15) is 0 Å².